The van der Waals surface area contributed by atoms with Gasteiger partial charge in [-0.1, -0.05) is 6.07 Å². The number of H-pyrrole nitrogens is 1. The van der Waals surface area contributed by atoms with Gasteiger partial charge in [0.25, 0.3) is 5.91 Å². The van der Waals surface area contributed by atoms with Crippen LogP contribution < -0.4 is 5.32 Å². The van der Waals surface area contributed by atoms with Gasteiger partial charge in [-0.05, 0) is 17.5 Å². The van der Waals surface area contributed by atoms with Crippen molar-refractivity contribution in [2.24, 2.45) is 0 Å². The summed E-state index contributed by atoms with van der Waals surface area (Å²) in [5.41, 5.74) is 1.17. The fraction of sp³-hybridized carbons (Fsp3) is 0.333. The smallest absolute Gasteiger partial charge is 0.271 e. The van der Waals surface area contributed by atoms with Crippen molar-refractivity contribution in [3.05, 3.63) is 29.3 Å². The maximum absolute atomic E-state index is 11.9. The summed E-state index contributed by atoms with van der Waals surface area (Å²) in [5, 5.41) is 11.5. The number of thiophene rings is 1. The molecule has 0 fully saturated rings. The van der Waals surface area contributed by atoms with E-state index in [9.17, 15) is 4.79 Å². The number of rotatable bonds is 6. The molecule has 6 nitrogen and oxygen atoms in total. The van der Waals surface area contributed by atoms with Crippen molar-refractivity contribution in [1.29, 1.82) is 0 Å². The first-order valence-corrected chi connectivity index (χ1v) is 6.55. The molecule has 0 radical (unpaired) electrons. The predicted molar refractivity (Wildman–Crippen MR) is 72.0 cm³/mol. The van der Waals surface area contributed by atoms with Gasteiger partial charge < -0.3 is 14.8 Å². The van der Waals surface area contributed by atoms with Crippen LogP contribution in [0.4, 0.5) is 0 Å². The monoisotopic (exact) mass is 281 g/mol. The molecule has 0 unspecified atom stereocenters. The molecule has 0 aliphatic heterocycles. The van der Waals surface area contributed by atoms with Crippen LogP contribution in [0.5, 0.6) is 0 Å². The zero-order valence-corrected chi connectivity index (χ0v) is 11.5. The van der Waals surface area contributed by atoms with E-state index in [0.717, 1.165) is 10.6 Å². The Morgan fingerprint density at radius 2 is 2.32 bits per heavy atom. The molecule has 7 heteroatoms. The average molecular weight is 281 g/mol. The molecule has 1 amide bonds. The highest BCUT2D eigenvalue weighted by atomic mass is 32.1. The molecule has 0 aliphatic carbocycles. The molecule has 0 saturated carbocycles. The number of nitrogens with one attached hydrogen (secondary N) is 2. The number of ether oxygens (including phenoxy) is 2. The van der Waals surface area contributed by atoms with Gasteiger partial charge in [0.2, 0.25) is 0 Å². The van der Waals surface area contributed by atoms with Gasteiger partial charge in [0, 0.05) is 14.2 Å². The number of nitrogens with zero attached hydrogens (tertiary/aromatic N) is 1. The Morgan fingerprint density at radius 3 is 2.95 bits per heavy atom. The number of carbonyl (C=O) groups is 1. The Balaban J connectivity index is 1.97. The van der Waals surface area contributed by atoms with Crippen LogP contribution in [-0.4, -0.2) is 43.2 Å². The van der Waals surface area contributed by atoms with E-state index in [1.54, 1.807) is 17.4 Å². The van der Waals surface area contributed by atoms with Gasteiger partial charge in [0.15, 0.2) is 12.0 Å². The van der Waals surface area contributed by atoms with E-state index in [-0.39, 0.29) is 12.5 Å². The van der Waals surface area contributed by atoms with Crippen LogP contribution in [0.25, 0.3) is 10.6 Å². The van der Waals surface area contributed by atoms with Crippen LogP contribution in [0.15, 0.2) is 23.6 Å². The molecular formula is C12H15N3O3S. The van der Waals surface area contributed by atoms with Crippen LogP contribution in [0, 0.1) is 0 Å². The maximum atomic E-state index is 11.9. The molecule has 2 aromatic heterocycles. The highest BCUT2D eigenvalue weighted by Crippen LogP contribution is 2.22. The number of carbonyl (C=O) groups excluding carboxylic acids is 1. The Morgan fingerprint density at radius 1 is 1.53 bits per heavy atom. The largest absolute Gasteiger partial charge is 0.354 e. The van der Waals surface area contributed by atoms with E-state index in [4.69, 9.17) is 9.47 Å². The van der Waals surface area contributed by atoms with Crippen molar-refractivity contribution in [2.45, 2.75) is 6.29 Å². The van der Waals surface area contributed by atoms with Crippen LogP contribution in [0.1, 0.15) is 10.5 Å². The minimum atomic E-state index is -0.459. The summed E-state index contributed by atoms with van der Waals surface area (Å²) in [4.78, 5) is 12.9. The zero-order chi connectivity index (χ0) is 13.7. The second-order valence-corrected chi connectivity index (χ2v) is 4.70. The predicted octanol–water partition coefficient (Wildman–Crippen LogP) is 1.49. The van der Waals surface area contributed by atoms with E-state index < -0.39 is 6.29 Å². The van der Waals surface area contributed by atoms with Crippen LogP contribution in [-0.2, 0) is 9.47 Å². The molecule has 2 N–H and O–H groups in total. The lowest BCUT2D eigenvalue weighted by atomic mass is 10.3. The van der Waals surface area contributed by atoms with E-state index in [2.05, 4.69) is 15.5 Å². The quantitative estimate of drug-likeness (QED) is 0.786. The third kappa shape index (κ3) is 3.40. The van der Waals surface area contributed by atoms with Crippen molar-refractivity contribution in [1.82, 2.24) is 15.5 Å². The second kappa shape index (κ2) is 6.46. The van der Waals surface area contributed by atoms with Gasteiger partial charge in [-0.2, -0.15) is 5.10 Å². The zero-order valence-electron chi connectivity index (χ0n) is 10.7. The van der Waals surface area contributed by atoms with E-state index in [1.807, 2.05) is 17.5 Å². The third-order valence-electron chi connectivity index (χ3n) is 2.55. The number of hydrogen-bond acceptors (Lipinski definition) is 5. The van der Waals surface area contributed by atoms with Crippen molar-refractivity contribution in [2.75, 3.05) is 20.8 Å². The standard InChI is InChI=1S/C12H15N3O3S/c1-17-11(18-2)7-13-12(16)9-6-8(14-15-9)10-4-3-5-19-10/h3-6,11H,7H2,1-2H3,(H,13,16)(H,14,15). The van der Waals surface area contributed by atoms with Crippen LogP contribution in [0.2, 0.25) is 0 Å². The molecule has 0 bridgehead atoms. The Labute approximate surface area is 114 Å². The first-order valence-electron chi connectivity index (χ1n) is 5.67. The van der Waals surface area contributed by atoms with E-state index >= 15 is 0 Å². The van der Waals surface area contributed by atoms with Gasteiger partial charge in [-0.15, -0.1) is 11.3 Å². The van der Waals surface area contributed by atoms with Crippen LogP contribution in [0.3, 0.4) is 0 Å². The lowest BCUT2D eigenvalue weighted by Gasteiger charge is -2.13. The third-order valence-corrected chi connectivity index (χ3v) is 3.46. The summed E-state index contributed by atoms with van der Waals surface area (Å²) < 4.78 is 9.97. The number of aromatic amines is 1. The molecule has 2 aromatic rings. The highest BCUT2D eigenvalue weighted by molar-refractivity contribution is 7.13. The van der Waals surface area contributed by atoms with Gasteiger partial charge in [-0.25, -0.2) is 0 Å². The summed E-state index contributed by atoms with van der Waals surface area (Å²) in [5.74, 6) is -0.266. The lowest BCUT2D eigenvalue weighted by Crippen LogP contribution is -2.34. The molecule has 0 aliphatic rings. The summed E-state index contributed by atoms with van der Waals surface area (Å²) in [6.07, 6.45) is -0.459. The highest BCUT2D eigenvalue weighted by Gasteiger charge is 2.13. The fourth-order valence-electron chi connectivity index (χ4n) is 1.53. The van der Waals surface area contributed by atoms with Gasteiger partial charge in [0.05, 0.1) is 17.1 Å². The Hall–Kier alpha value is -1.70. The molecule has 102 valence electrons. The minimum Gasteiger partial charge on any atom is -0.354 e. The van der Waals surface area contributed by atoms with Crippen molar-refractivity contribution in [3.8, 4) is 10.6 Å². The molecule has 0 atom stereocenters. The molecule has 19 heavy (non-hydrogen) atoms. The van der Waals surface area contributed by atoms with E-state index in [0.29, 0.717) is 5.69 Å². The van der Waals surface area contributed by atoms with Gasteiger partial charge in [0.1, 0.15) is 0 Å². The lowest BCUT2D eigenvalue weighted by molar-refractivity contribution is -0.0974. The Kier molecular flexibility index (Phi) is 4.67. The van der Waals surface area contributed by atoms with Crippen molar-refractivity contribution in [3.63, 3.8) is 0 Å². The fourth-order valence-corrected chi connectivity index (χ4v) is 2.22. The van der Waals surface area contributed by atoms with Gasteiger partial charge >= 0.3 is 0 Å². The molecule has 0 aromatic carbocycles. The number of amides is 1. The summed E-state index contributed by atoms with van der Waals surface area (Å²) in [7, 11) is 3.04. The van der Waals surface area contributed by atoms with Crippen molar-refractivity contribution < 1.29 is 14.3 Å². The summed E-state index contributed by atoms with van der Waals surface area (Å²) in [6.45, 7) is 0.271. The molecular weight excluding hydrogens is 266 g/mol. The van der Waals surface area contributed by atoms with Gasteiger partial charge in [-0.3, -0.25) is 9.89 Å². The molecule has 2 rings (SSSR count). The van der Waals surface area contributed by atoms with E-state index in [1.165, 1.54) is 14.2 Å². The average Bonchev–Trinajstić information content (AvgIpc) is 3.10. The summed E-state index contributed by atoms with van der Waals surface area (Å²) in [6, 6.07) is 5.63. The topological polar surface area (TPSA) is 76.2 Å². The first-order chi connectivity index (χ1) is 9.24. The number of methoxy groups -OCH3 is 2. The normalized spacial score (nSPS) is 10.9. The van der Waals surface area contributed by atoms with Crippen LogP contribution >= 0.6 is 11.3 Å². The minimum absolute atomic E-state index is 0.266. The first kappa shape index (κ1) is 13.7. The van der Waals surface area contributed by atoms with Crippen molar-refractivity contribution >= 4 is 17.2 Å². The maximum Gasteiger partial charge on any atom is 0.271 e. The Bertz CT molecular complexity index is 520. The summed E-state index contributed by atoms with van der Waals surface area (Å²) >= 11 is 1.58. The SMILES string of the molecule is COC(CNC(=O)c1cc(-c2cccs2)[nH]n1)OC. The number of aromatic nitrogens is 2. The number of hydrogen-bond donors (Lipinski definition) is 2. The molecule has 0 saturated heterocycles. The molecule has 0 spiro atoms. The molecule has 2 heterocycles. The second-order valence-electron chi connectivity index (χ2n) is 3.76.